The Bertz CT molecular complexity index is 841. The number of hydrogen-bond donors (Lipinski definition) is 1. The fourth-order valence-corrected chi connectivity index (χ4v) is 2.83. The molecule has 0 aliphatic carbocycles. The zero-order valence-electron chi connectivity index (χ0n) is 15.8. The van der Waals surface area contributed by atoms with Gasteiger partial charge in [0.1, 0.15) is 11.6 Å². The summed E-state index contributed by atoms with van der Waals surface area (Å²) in [4.78, 5) is 14.7. The molecule has 2 aromatic rings. The van der Waals surface area contributed by atoms with Crippen molar-refractivity contribution in [2.45, 2.75) is 27.7 Å². The normalized spacial score (nSPS) is 11.0. The van der Waals surface area contributed by atoms with Crippen LogP contribution in [0.25, 0.3) is 6.08 Å². The van der Waals surface area contributed by atoms with Gasteiger partial charge in [-0.2, -0.15) is 5.26 Å². The second-order valence-electron chi connectivity index (χ2n) is 6.21. The molecule has 1 N–H and O–H groups in total. The Morgan fingerprint density at radius 2 is 1.77 bits per heavy atom. The minimum Gasteiger partial charge on any atom is -0.372 e. The van der Waals surface area contributed by atoms with E-state index in [9.17, 15) is 10.1 Å². The molecule has 0 bridgehead atoms. The van der Waals surface area contributed by atoms with E-state index < -0.39 is 5.91 Å². The minimum atomic E-state index is -0.396. The maximum absolute atomic E-state index is 12.4. The highest BCUT2D eigenvalue weighted by atomic mass is 16.1. The molecule has 0 unspecified atom stereocenters. The lowest BCUT2D eigenvalue weighted by Crippen LogP contribution is -2.21. The molecule has 0 aliphatic heterocycles. The van der Waals surface area contributed by atoms with Gasteiger partial charge in [0.15, 0.2) is 0 Å². The fraction of sp³-hybridized carbons (Fsp3) is 0.273. The largest absolute Gasteiger partial charge is 0.372 e. The van der Waals surface area contributed by atoms with E-state index in [1.54, 1.807) is 6.08 Å². The van der Waals surface area contributed by atoms with Crippen molar-refractivity contribution in [3.8, 4) is 6.07 Å². The molecule has 0 saturated carbocycles. The Morgan fingerprint density at radius 1 is 1.12 bits per heavy atom. The van der Waals surface area contributed by atoms with Crippen molar-refractivity contribution < 1.29 is 4.79 Å². The van der Waals surface area contributed by atoms with Gasteiger partial charge < -0.3 is 10.2 Å². The Balaban J connectivity index is 2.19. The van der Waals surface area contributed by atoms with Crippen molar-refractivity contribution in [2.75, 3.05) is 23.3 Å². The summed E-state index contributed by atoms with van der Waals surface area (Å²) >= 11 is 0. The van der Waals surface area contributed by atoms with E-state index in [2.05, 4.69) is 24.1 Å². The smallest absolute Gasteiger partial charge is 0.266 e. The molecule has 26 heavy (non-hydrogen) atoms. The van der Waals surface area contributed by atoms with Crippen LogP contribution in [0.15, 0.2) is 48.0 Å². The van der Waals surface area contributed by atoms with Gasteiger partial charge in [-0.05, 0) is 63.1 Å². The summed E-state index contributed by atoms with van der Waals surface area (Å²) in [6.45, 7) is 10.0. The van der Waals surface area contributed by atoms with E-state index >= 15 is 0 Å². The minimum absolute atomic E-state index is 0.0839. The zero-order chi connectivity index (χ0) is 19.1. The molecule has 0 radical (unpaired) electrons. The molecule has 0 heterocycles. The third-order valence-electron chi connectivity index (χ3n) is 4.33. The summed E-state index contributed by atoms with van der Waals surface area (Å²) in [5.41, 5.74) is 4.86. The number of anilines is 2. The fourth-order valence-electron chi connectivity index (χ4n) is 2.83. The van der Waals surface area contributed by atoms with Gasteiger partial charge in [-0.15, -0.1) is 0 Å². The zero-order valence-corrected chi connectivity index (χ0v) is 15.8. The number of nitrogens with one attached hydrogen (secondary N) is 1. The number of benzene rings is 2. The van der Waals surface area contributed by atoms with Gasteiger partial charge in [0.25, 0.3) is 5.91 Å². The first-order chi connectivity index (χ1) is 12.5. The first-order valence-corrected chi connectivity index (χ1v) is 8.83. The molecule has 1 amide bonds. The molecule has 0 atom stereocenters. The molecule has 0 aromatic heterocycles. The highest BCUT2D eigenvalue weighted by Gasteiger charge is 2.11. The molecule has 0 fully saturated rings. The summed E-state index contributed by atoms with van der Waals surface area (Å²) in [5.74, 6) is -0.396. The van der Waals surface area contributed by atoms with Crippen LogP contribution >= 0.6 is 0 Å². The molecule has 0 saturated heterocycles. The van der Waals surface area contributed by atoms with Crippen LogP contribution in [-0.2, 0) is 4.79 Å². The number of carbonyl (C=O) groups is 1. The van der Waals surface area contributed by atoms with Crippen molar-refractivity contribution in [1.29, 1.82) is 5.26 Å². The van der Waals surface area contributed by atoms with Crippen LogP contribution in [0.3, 0.4) is 0 Å². The predicted octanol–water partition coefficient (Wildman–Crippen LogP) is 4.70. The Labute approximate surface area is 155 Å². The van der Waals surface area contributed by atoms with Gasteiger partial charge in [0.2, 0.25) is 0 Å². The van der Waals surface area contributed by atoms with Crippen molar-refractivity contribution in [3.05, 3.63) is 64.7 Å². The summed E-state index contributed by atoms with van der Waals surface area (Å²) in [5, 5.41) is 12.2. The Morgan fingerprint density at radius 3 is 2.31 bits per heavy atom. The maximum atomic E-state index is 12.4. The lowest BCUT2D eigenvalue weighted by Gasteiger charge is -2.20. The van der Waals surface area contributed by atoms with Gasteiger partial charge in [-0.25, -0.2) is 0 Å². The van der Waals surface area contributed by atoms with Crippen molar-refractivity contribution in [3.63, 3.8) is 0 Å². The number of nitriles is 1. The van der Waals surface area contributed by atoms with E-state index in [-0.39, 0.29) is 5.57 Å². The van der Waals surface area contributed by atoms with Gasteiger partial charge in [-0.3, -0.25) is 4.79 Å². The number of carbonyl (C=O) groups excluding carboxylic acids is 1. The van der Waals surface area contributed by atoms with Crippen LogP contribution in [0.4, 0.5) is 11.4 Å². The van der Waals surface area contributed by atoms with Crippen LogP contribution in [0, 0.1) is 25.2 Å². The van der Waals surface area contributed by atoms with Crippen molar-refractivity contribution >= 4 is 23.4 Å². The summed E-state index contributed by atoms with van der Waals surface area (Å²) in [6.07, 6.45) is 1.62. The van der Waals surface area contributed by atoms with Crippen LogP contribution in [-0.4, -0.2) is 19.0 Å². The van der Waals surface area contributed by atoms with Gasteiger partial charge in [0.05, 0.1) is 0 Å². The average molecular weight is 347 g/mol. The Hall–Kier alpha value is -3.06. The van der Waals surface area contributed by atoms with Crippen LogP contribution in [0.2, 0.25) is 0 Å². The first kappa shape index (κ1) is 19.3. The maximum Gasteiger partial charge on any atom is 0.266 e. The number of aryl methyl sites for hydroxylation is 2. The average Bonchev–Trinajstić information content (AvgIpc) is 2.64. The second kappa shape index (κ2) is 8.87. The molecule has 4 nitrogen and oxygen atoms in total. The van der Waals surface area contributed by atoms with Gasteiger partial charge >= 0.3 is 0 Å². The monoisotopic (exact) mass is 347 g/mol. The van der Waals surface area contributed by atoms with E-state index in [1.807, 2.05) is 62.4 Å². The first-order valence-electron chi connectivity index (χ1n) is 8.83. The van der Waals surface area contributed by atoms with Crippen LogP contribution in [0.5, 0.6) is 0 Å². The number of nitrogens with zero attached hydrogens (tertiary/aromatic N) is 2. The topological polar surface area (TPSA) is 56.1 Å². The van der Waals surface area contributed by atoms with Crippen LogP contribution < -0.4 is 10.2 Å². The summed E-state index contributed by atoms with van der Waals surface area (Å²) < 4.78 is 0. The molecule has 134 valence electrons. The van der Waals surface area contributed by atoms with E-state index in [0.717, 1.165) is 41.2 Å². The van der Waals surface area contributed by atoms with Gasteiger partial charge in [0, 0.05) is 24.5 Å². The molecule has 0 aliphatic rings. The quantitative estimate of drug-likeness (QED) is 0.609. The lowest BCUT2D eigenvalue weighted by molar-refractivity contribution is -0.112. The van der Waals surface area contributed by atoms with Gasteiger partial charge in [-0.1, -0.05) is 29.8 Å². The highest BCUT2D eigenvalue weighted by Crippen LogP contribution is 2.19. The van der Waals surface area contributed by atoms with Crippen molar-refractivity contribution in [1.82, 2.24) is 0 Å². The van der Waals surface area contributed by atoms with Crippen LogP contribution in [0.1, 0.15) is 30.5 Å². The van der Waals surface area contributed by atoms with E-state index in [4.69, 9.17) is 0 Å². The molecule has 4 heteroatoms. The molecular weight excluding hydrogens is 322 g/mol. The molecule has 2 aromatic carbocycles. The SMILES string of the molecule is CCN(CC)c1ccc(/C=C(/C#N)C(=O)Nc2ccc(C)cc2C)cc1. The number of hydrogen-bond acceptors (Lipinski definition) is 3. The second-order valence-corrected chi connectivity index (χ2v) is 6.21. The Kier molecular flexibility index (Phi) is 6.57. The lowest BCUT2D eigenvalue weighted by atomic mass is 10.1. The summed E-state index contributed by atoms with van der Waals surface area (Å²) in [6, 6.07) is 15.7. The molecule has 0 spiro atoms. The third-order valence-corrected chi connectivity index (χ3v) is 4.33. The number of amides is 1. The summed E-state index contributed by atoms with van der Waals surface area (Å²) in [7, 11) is 0. The third kappa shape index (κ3) is 4.73. The number of rotatable bonds is 6. The van der Waals surface area contributed by atoms with E-state index in [1.165, 1.54) is 0 Å². The molecular formula is C22H25N3O. The standard InChI is InChI=1S/C22H25N3O/c1-5-25(6-2)20-10-8-18(9-11-20)14-19(15-23)22(26)24-21-12-7-16(3)13-17(21)4/h7-14H,5-6H2,1-4H3,(H,24,26)/b19-14-. The molecule has 2 rings (SSSR count). The predicted molar refractivity (Wildman–Crippen MR) is 108 cm³/mol. The highest BCUT2D eigenvalue weighted by molar-refractivity contribution is 6.10. The van der Waals surface area contributed by atoms with E-state index in [0.29, 0.717) is 0 Å². The van der Waals surface area contributed by atoms with Crippen molar-refractivity contribution in [2.24, 2.45) is 0 Å².